The van der Waals surface area contributed by atoms with Crippen LogP contribution in [0.4, 0.5) is 0 Å². The number of rotatable bonds is 5. The molecule has 0 amide bonds. The molecule has 0 aromatic rings. The highest BCUT2D eigenvalue weighted by Crippen LogP contribution is 2.30. The van der Waals surface area contributed by atoms with E-state index in [1.807, 2.05) is 0 Å². The van der Waals surface area contributed by atoms with Crippen LogP contribution in [0.25, 0.3) is 0 Å². The van der Waals surface area contributed by atoms with Crippen LogP contribution in [0.1, 0.15) is 77.6 Å². The SMILES string of the molecule is CCC(N)CN(C1CCCCC1)C1CCCCC1. The van der Waals surface area contributed by atoms with Crippen molar-refractivity contribution in [1.82, 2.24) is 4.90 Å². The minimum Gasteiger partial charge on any atom is -0.327 e. The lowest BCUT2D eigenvalue weighted by Gasteiger charge is -2.42. The Morgan fingerprint density at radius 2 is 1.33 bits per heavy atom. The molecular weight excluding hydrogens is 220 g/mol. The topological polar surface area (TPSA) is 29.3 Å². The highest BCUT2D eigenvalue weighted by molar-refractivity contribution is 4.85. The molecule has 2 fully saturated rings. The van der Waals surface area contributed by atoms with E-state index in [9.17, 15) is 0 Å². The van der Waals surface area contributed by atoms with Crippen LogP contribution < -0.4 is 5.73 Å². The molecule has 0 aromatic heterocycles. The Kier molecular flexibility index (Phi) is 5.97. The molecule has 0 aliphatic heterocycles. The van der Waals surface area contributed by atoms with Gasteiger partial charge in [0, 0.05) is 24.7 Å². The summed E-state index contributed by atoms with van der Waals surface area (Å²) in [5.74, 6) is 0. The first-order valence-electron chi connectivity index (χ1n) is 8.32. The monoisotopic (exact) mass is 252 g/mol. The minimum atomic E-state index is 0.383. The molecule has 2 aliphatic carbocycles. The Morgan fingerprint density at radius 3 is 1.72 bits per heavy atom. The van der Waals surface area contributed by atoms with Crippen molar-refractivity contribution in [2.24, 2.45) is 5.73 Å². The molecule has 2 nitrogen and oxygen atoms in total. The second kappa shape index (κ2) is 7.49. The lowest BCUT2D eigenvalue weighted by Crippen LogP contribution is -2.50. The normalized spacial score (nSPS) is 25.5. The Hall–Kier alpha value is -0.0800. The third-order valence-electron chi connectivity index (χ3n) is 5.06. The van der Waals surface area contributed by atoms with Gasteiger partial charge in [0.15, 0.2) is 0 Å². The second-order valence-corrected chi connectivity index (χ2v) is 6.45. The van der Waals surface area contributed by atoms with E-state index in [0.29, 0.717) is 6.04 Å². The number of hydrogen-bond donors (Lipinski definition) is 1. The van der Waals surface area contributed by atoms with Crippen LogP contribution in [0.15, 0.2) is 0 Å². The lowest BCUT2D eigenvalue weighted by molar-refractivity contribution is 0.0741. The van der Waals surface area contributed by atoms with E-state index in [4.69, 9.17) is 5.73 Å². The first kappa shape index (κ1) is 14.3. The first-order valence-corrected chi connectivity index (χ1v) is 8.32. The summed E-state index contributed by atoms with van der Waals surface area (Å²) < 4.78 is 0. The van der Waals surface area contributed by atoms with E-state index in [0.717, 1.165) is 25.0 Å². The van der Waals surface area contributed by atoms with Crippen LogP contribution in [-0.2, 0) is 0 Å². The summed E-state index contributed by atoms with van der Waals surface area (Å²) in [6.45, 7) is 3.37. The maximum Gasteiger partial charge on any atom is 0.0165 e. The average Bonchev–Trinajstić information content (AvgIpc) is 2.46. The Morgan fingerprint density at radius 1 is 0.889 bits per heavy atom. The number of nitrogens with two attached hydrogens (primary N) is 1. The summed E-state index contributed by atoms with van der Waals surface area (Å²) in [7, 11) is 0. The summed E-state index contributed by atoms with van der Waals surface area (Å²) in [6, 6.07) is 2.08. The molecule has 2 saturated carbocycles. The molecule has 0 bridgehead atoms. The molecule has 18 heavy (non-hydrogen) atoms. The van der Waals surface area contributed by atoms with Gasteiger partial charge in [-0.25, -0.2) is 0 Å². The van der Waals surface area contributed by atoms with Gasteiger partial charge in [-0.3, -0.25) is 4.90 Å². The van der Waals surface area contributed by atoms with Gasteiger partial charge in [-0.1, -0.05) is 45.4 Å². The lowest BCUT2D eigenvalue weighted by atomic mass is 9.88. The Bertz CT molecular complexity index is 199. The third-order valence-corrected chi connectivity index (χ3v) is 5.06. The predicted octanol–water partition coefficient (Wildman–Crippen LogP) is 3.69. The Labute approximate surface area is 113 Å². The molecule has 0 saturated heterocycles. The van der Waals surface area contributed by atoms with E-state index < -0.39 is 0 Å². The van der Waals surface area contributed by atoms with Gasteiger partial charge in [-0.15, -0.1) is 0 Å². The van der Waals surface area contributed by atoms with Crippen molar-refractivity contribution in [3.63, 3.8) is 0 Å². The summed E-state index contributed by atoms with van der Waals surface area (Å²) in [5.41, 5.74) is 6.25. The van der Waals surface area contributed by atoms with Crippen molar-refractivity contribution in [2.45, 2.75) is 95.7 Å². The van der Waals surface area contributed by atoms with Gasteiger partial charge in [0.25, 0.3) is 0 Å². The van der Waals surface area contributed by atoms with Crippen molar-refractivity contribution in [1.29, 1.82) is 0 Å². The van der Waals surface area contributed by atoms with Gasteiger partial charge in [-0.2, -0.15) is 0 Å². The zero-order valence-electron chi connectivity index (χ0n) is 12.2. The van der Waals surface area contributed by atoms with Gasteiger partial charge in [-0.05, 0) is 32.1 Å². The van der Waals surface area contributed by atoms with Crippen LogP contribution in [0.3, 0.4) is 0 Å². The van der Waals surface area contributed by atoms with Gasteiger partial charge >= 0.3 is 0 Å². The van der Waals surface area contributed by atoms with Crippen molar-refractivity contribution in [2.75, 3.05) is 6.54 Å². The zero-order valence-corrected chi connectivity index (χ0v) is 12.2. The van der Waals surface area contributed by atoms with Gasteiger partial charge in [0.05, 0.1) is 0 Å². The standard InChI is InChI=1S/C16H32N2/c1-2-14(17)13-18(15-9-5-3-6-10-15)16-11-7-4-8-12-16/h14-16H,2-13,17H2,1H3. The molecule has 1 atom stereocenters. The summed E-state index contributed by atoms with van der Waals surface area (Å²) in [4.78, 5) is 2.83. The molecule has 0 radical (unpaired) electrons. The van der Waals surface area contributed by atoms with Crippen molar-refractivity contribution < 1.29 is 0 Å². The third kappa shape index (κ3) is 3.96. The van der Waals surface area contributed by atoms with Crippen LogP contribution in [0.2, 0.25) is 0 Å². The summed E-state index contributed by atoms with van der Waals surface area (Å²) >= 11 is 0. The van der Waals surface area contributed by atoms with Crippen molar-refractivity contribution >= 4 is 0 Å². The smallest absolute Gasteiger partial charge is 0.0165 e. The molecule has 0 spiro atoms. The molecule has 2 aliphatic rings. The maximum absolute atomic E-state index is 6.25. The van der Waals surface area contributed by atoms with E-state index in [2.05, 4.69) is 11.8 Å². The summed E-state index contributed by atoms with van der Waals surface area (Å²) in [6.07, 6.45) is 15.5. The van der Waals surface area contributed by atoms with E-state index >= 15 is 0 Å². The fraction of sp³-hybridized carbons (Fsp3) is 1.00. The van der Waals surface area contributed by atoms with Crippen molar-refractivity contribution in [3.8, 4) is 0 Å². The second-order valence-electron chi connectivity index (χ2n) is 6.45. The highest BCUT2D eigenvalue weighted by Gasteiger charge is 2.29. The predicted molar refractivity (Wildman–Crippen MR) is 78.7 cm³/mol. The largest absolute Gasteiger partial charge is 0.327 e. The maximum atomic E-state index is 6.25. The molecule has 0 aromatic carbocycles. The van der Waals surface area contributed by atoms with Crippen molar-refractivity contribution in [3.05, 3.63) is 0 Å². The van der Waals surface area contributed by atoms with Crippen LogP contribution in [-0.4, -0.2) is 29.6 Å². The van der Waals surface area contributed by atoms with Gasteiger partial charge in [0.2, 0.25) is 0 Å². The van der Waals surface area contributed by atoms with Crippen LogP contribution >= 0.6 is 0 Å². The fourth-order valence-corrected chi connectivity index (χ4v) is 3.82. The Balaban J connectivity index is 1.95. The van der Waals surface area contributed by atoms with E-state index in [1.54, 1.807) is 0 Å². The van der Waals surface area contributed by atoms with E-state index in [1.165, 1.54) is 64.2 Å². The average molecular weight is 252 g/mol. The molecule has 106 valence electrons. The van der Waals surface area contributed by atoms with Crippen LogP contribution in [0.5, 0.6) is 0 Å². The molecule has 2 heteroatoms. The van der Waals surface area contributed by atoms with E-state index in [-0.39, 0.29) is 0 Å². The van der Waals surface area contributed by atoms with Gasteiger partial charge < -0.3 is 5.73 Å². The number of hydrogen-bond acceptors (Lipinski definition) is 2. The molecular formula is C16H32N2. The fourth-order valence-electron chi connectivity index (χ4n) is 3.82. The quantitative estimate of drug-likeness (QED) is 0.808. The number of nitrogens with zero attached hydrogens (tertiary/aromatic N) is 1. The highest BCUT2D eigenvalue weighted by atomic mass is 15.2. The summed E-state index contributed by atoms with van der Waals surface area (Å²) in [5, 5.41) is 0. The van der Waals surface area contributed by atoms with Gasteiger partial charge in [0.1, 0.15) is 0 Å². The first-order chi connectivity index (χ1) is 8.81. The van der Waals surface area contributed by atoms with Crippen LogP contribution in [0, 0.1) is 0 Å². The molecule has 0 heterocycles. The molecule has 2 N–H and O–H groups in total. The zero-order chi connectivity index (χ0) is 12.8. The molecule has 1 unspecified atom stereocenters. The minimum absolute atomic E-state index is 0.383. The molecule has 2 rings (SSSR count).